The number of aryl methyl sites for hydroxylation is 1. The Kier molecular flexibility index (Phi) is 6.22. The van der Waals surface area contributed by atoms with Crippen molar-refractivity contribution >= 4 is 29.3 Å². The molecular formula is C22H22N4O4S. The highest BCUT2D eigenvalue weighted by Crippen LogP contribution is 2.34. The molecule has 1 amide bonds. The maximum absolute atomic E-state index is 13.4. The number of carbonyl (C=O) groups is 2. The number of fused-ring (bicyclic) bond motifs is 1. The van der Waals surface area contributed by atoms with Gasteiger partial charge in [0.05, 0.1) is 17.4 Å². The van der Waals surface area contributed by atoms with Gasteiger partial charge in [0, 0.05) is 5.69 Å². The van der Waals surface area contributed by atoms with Crippen LogP contribution < -0.4 is 4.90 Å². The number of rotatable bonds is 6. The van der Waals surface area contributed by atoms with Crippen molar-refractivity contribution in [2.45, 2.75) is 30.2 Å². The van der Waals surface area contributed by atoms with Gasteiger partial charge in [-0.05, 0) is 43.5 Å². The van der Waals surface area contributed by atoms with Crippen LogP contribution in [0.3, 0.4) is 0 Å². The number of aromatic nitrogens is 3. The van der Waals surface area contributed by atoms with Crippen molar-refractivity contribution < 1.29 is 19.4 Å². The number of aromatic amines is 1. The first kappa shape index (κ1) is 20.9. The van der Waals surface area contributed by atoms with Crippen LogP contribution in [0.4, 0.5) is 5.69 Å². The third-order valence-electron chi connectivity index (χ3n) is 4.96. The summed E-state index contributed by atoms with van der Waals surface area (Å²) in [5.41, 5.74) is 2.27. The number of thioether (sulfide) groups is 1. The Morgan fingerprint density at radius 2 is 2.03 bits per heavy atom. The molecule has 4 rings (SSSR count). The van der Waals surface area contributed by atoms with Gasteiger partial charge in [0.1, 0.15) is 12.3 Å². The molecular weight excluding hydrogens is 416 g/mol. The number of hydrogen-bond donors (Lipinski definition) is 2. The average Bonchev–Trinajstić information content (AvgIpc) is 3.19. The van der Waals surface area contributed by atoms with Gasteiger partial charge in [-0.2, -0.15) is 0 Å². The van der Waals surface area contributed by atoms with Crippen LogP contribution in [0, 0.1) is 0 Å². The maximum Gasteiger partial charge on any atom is 0.326 e. The summed E-state index contributed by atoms with van der Waals surface area (Å²) in [5.74, 6) is -0.113. The fraction of sp³-hybridized carbons (Fsp3) is 0.273. The highest BCUT2D eigenvalue weighted by atomic mass is 32.2. The molecule has 0 unspecified atom stereocenters. The minimum absolute atomic E-state index is 0.0943. The molecule has 9 heteroatoms. The number of ether oxygens (including phenoxy) is 1. The number of anilines is 1. The van der Waals surface area contributed by atoms with Crippen molar-refractivity contribution in [1.29, 1.82) is 0 Å². The number of para-hydroxylation sites is 2. The number of amides is 1. The van der Waals surface area contributed by atoms with E-state index in [1.165, 1.54) is 16.7 Å². The standard InChI is InChI=1S/C22H22N4O4S/c1-2-30-19(28)13-26-16-9-5-3-7-14(16)11-12-18(21(26)29)31-22-23-20(24-25-22)15-8-4-6-10-17(15)27/h3-10,18,27H,2,11-13H2,1H3,(H,23,24,25)/t18-/m0/s1. The highest BCUT2D eigenvalue weighted by Gasteiger charge is 2.33. The Hall–Kier alpha value is -3.33. The zero-order valence-corrected chi connectivity index (χ0v) is 17.8. The number of benzene rings is 2. The van der Waals surface area contributed by atoms with Gasteiger partial charge in [-0.3, -0.25) is 19.6 Å². The van der Waals surface area contributed by atoms with Gasteiger partial charge in [0.2, 0.25) is 11.1 Å². The zero-order chi connectivity index (χ0) is 21.8. The molecule has 2 heterocycles. The predicted octanol–water partition coefficient (Wildman–Crippen LogP) is 3.18. The van der Waals surface area contributed by atoms with E-state index in [0.717, 1.165) is 11.3 Å². The monoisotopic (exact) mass is 438 g/mol. The number of H-pyrrole nitrogens is 1. The van der Waals surface area contributed by atoms with Crippen LogP contribution in [0.2, 0.25) is 0 Å². The Bertz CT molecular complexity index is 1100. The average molecular weight is 439 g/mol. The SMILES string of the molecule is CCOC(=O)CN1C(=O)[C@@H](Sc2n[nH]c(-c3ccccc3O)n2)CCc2ccccc21. The van der Waals surface area contributed by atoms with Crippen LogP contribution in [0.5, 0.6) is 5.75 Å². The van der Waals surface area contributed by atoms with E-state index in [1.807, 2.05) is 24.3 Å². The number of esters is 1. The molecule has 0 aliphatic carbocycles. The summed E-state index contributed by atoms with van der Waals surface area (Å²) in [6, 6.07) is 14.4. The molecule has 0 bridgehead atoms. The molecule has 0 fully saturated rings. The van der Waals surface area contributed by atoms with Gasteiger partial charge < -0.3 is 9.84 Å². The maximum atomic E-state index is 13.4. The largest absolute Gasteiger partial charge is 0.507 e. The van der Waals surface area contributed by atoms with Crippen molar-refractivity contribution in [3.63, 3.8) is 0 Å². The summed E-state index contributed by atoms with van der Waals surface area (Å²) in [7, 11) is 0. The lowest BCUT2D eigenvalue weighted by Crippen LogP contribution is -2.41. The van der Waals surface area contributed by atoms with E-state index in [2.05, 4.69) is 15.2 Å². The number of carbonyl (C=O) groups excluding carboxylic acids is 2. The van der Waals surface area contributed by atoms with Crippen LogP contribution >= 0.6 is 11.8 Å². The molecule has 31 heavy (non-hydrogen) atoms. The topological polar surface area (TPSA) is 108 Å². The third-order valence-corrected chi connectivity index (χ3v) is 6.08. The van der Waals surface area contributed by atoms with E-state index in [9.17, 15) is 14.7 Å². The molecule has 0 spiro atoms. The third kappa shape index (κ3) is 4.56. The van der Waals surface area contributed by atoms with E-state index < -0.39 is 11.2 Å². The second-order valence-corrected chi connectivity index (χ2v) is 8.16. The lowest BCUT2D eigenvalue weighted by Gasteiger charge is -2.24. The Morgan fingerprint density at radius 1 is 1.26 bits per heavy atom. The molecule has 0 saturated carbocycles. The van der Waals surface area contributed by atoms with Crippen molar-refractivity contribution in [2.24, 2.45) is 0 Å². The van der Waals surface area contributed by atoms with Gasteiger partial charge in [-0.15, -0.1) is 5.10 Å². The van der Waals surface area contributed by atoms with Crippen LogP contribution in [-0.4, -0.2) is 50.6 Å². The lowest BCUT2D eigenvalue weighted by molar-refractivity contribution is -0.142. The Labute approximate surface area is 183 Å². The van der Waals surface area contributed by atoms with Gasteiger partial charge in [-0.25, -0.2) is 4.98 Å². The minimum atomic E-state index is -0.463. The van der Waals surface area contributed by atoms with Crippen molar-refractivity contribution in [3.8, 4) is 17.1 Å². The highest BCUT2D eigenvalue weighted by molar-refractivity contribution is 8.00. The summed E-state index contributed by atoms with van der Waals surface area (Å²) in [4.78, 5) is 31.5. The second kappa shape index (κ2) is 9.22. The molecule has 2 aromatic carbocycles. The molecule has 0 saturated heterocycles. The fourth-order valence-corrected chi connectivity index (χ4v) is 4.48. The zero-order valence-electron chi connectivity index (χ0n) is 16.9. The minimum Gasteiger partial charge on any atom is -0.507 e. The molecule has 2 N–H and O–H groups in total. The summed E-state index contributed by atoms with van der Waals surface area (Å²) >= 11 is 1.24. The molecule has 1 aliphatic rings. The Balaban J connectivity index is 1.57. The van der Waals surface area contributed by atoms with Gasteiger partial charge in [0.15, 0.2) is 5.82 Å². The van der Waals surface area contributed by atoms with Crippen LogP contribution in [0.25, 0.3) is 11.4 Å². The van der Waals surface area contributed by atoms with Gasteiger partial charge in [0.25, 0.3) is 0 Å². The van der Waals surface area contributed by atoms with Crippen LogP contribution in [0.1, 0.15) is 18.9 Å². The van der Waals surface area contributed by atoms with Crippen LogP contribution in [0.15, 0.2) is 53.7 Å². The lowest BCUT2D eigenvalue weighted by atomic mass is 10.1. The predicted molar refractivity (Wildman–Crippen MR) is 117 cm³/mol. The number of nitrogens with one attached hydrogen (secondary N) is 1. The number of hydrogen-bond acceptors (Lipinski definition) is 7. The fourth-order valence-electron chi connectivity index (χ4n) is 3.52. The molecule has 1 aliphatic heterocycles. The quantitative estimate of drug-likeness (QED) is 0.569. The summed E-state index contributed by atoms with van der Waals surface area (Å²) in [5, 5.41) is 17.0. The number of phenols is 1. The summed E-state index contributed by atoms with van der Waals surface area (Å²) in [6.45, 7) is 1.85. The number of nitrogens with zero attached hydrogens (tertiary/aromatic N) is 3. The molecule has 1 aromatic heterocycles. The van der Waals surface area contributed by atoms with E-state index in [0.29, 0.717) is 29.4 Å². The summed E-state index contributed by atoms with van der Waals surface area (Å²) in [6.07, 6.45) is 1.27. The van der Waals surface area contributed by atoms with E-state index in [-0.39, 0.29) is 24.8 Å². The van der Waals surface area contributed by atoms with E-state index in [1.54, 1.807) is 31.2 Å². The summed E-state index contributed by atoms with van der Waals surface area (Å²) < 4.78 is 5.07. The van der Waals surface area contributed by atoms with Crippen molar-refractivity contribution in [3.05, 3.63) is 54.1 Å². The van der Waals surface area contributed by atoms with Crippen LogP contribution in [-0.2, 0) is 20.7 Å². The molecule has 0 radical (unpaired) electrons. The molecule has 3 aromatic rings. The van der Waals surface area contributed by atoms with Gasteiger partial charge >= 0.3 is 5.97 Å². The first-order chi connectivity index (χ1) is 15.1. The van der Waals surface area contributed by atoms with E-state index in [4.69, 9.17) is 4.74 Å². The molecule has 1 atom stereocenters. The molecule has 8 nitrogen and oxygen atoms in total. The van der Waals surface area contributed by atoms with Crippen molar-refractivity contribution in [1.82, 2.24) is 15.2 Å². The second-order valence-electron chi connectivity index (χ2n) is 6.99. The van der Waals surface area contributed by atoms with Gasteiger partial charge in [-0.1, -0.05) is 42.1 Å². The first-order valence-corrected chi connectivity index (χ1v) is 10.9. The molecule has 160 valence electrons. The number of aromatic hydroxyl groups is 1. The van der Waals surface area contributed by atoms with Crippen molar-refractivity contribution in [2.75, 3.05) is 18.1 Å². The Morgan fingerprint density at radius 3 is 2.84 bits per heavy atom. The first-order valence-electron chi connectivity index (χ1n) is 9.99. The van der Waals surface area contributed by atoms with E-state index >= 15 is 0 Å². The number of phenolic OH excluding ortho intramolecular Hbond substituents is 1. The smallest absolute Gasteiger partial charge is 0.326 e. The normalized spacial score (nSPS) is 16.0.